The van der Waals surface area contributed by atoms with E-state index in [4.69, 9.17) is 4.74 Å². The fourth-order valence-corrected chi connectivity index (χ4v) is 2.45. The molecule has 0 saturated carbocycles. The second kappa shape index (κ2) is 8.48. The topological polar surface area (TPSA) is 29.5 Å². The molecule has 0 heterocycles. The molecule has 0 bridgehead atoms. The number of rotatable bonds is 8. The van der Waals surface area contributed by atoms with Gasteiger partial charge in [-0.1, -0.05) is 6.08 Å². The number of ether oxygens (including phenoxy) is 1. The zero-order valence-electron chi connectivity index (χ0n) is 12.3. The van der Waals surface area contributed by atoms with Crippen LogP contribution in [0.15, 0.2) is 48.0 Å². The van der Waals surface area contributed by atoms with Gasteiger partial charge in [-0.25, -0.2) is 0 Å². The molecular formula is C16H21NO2S. The highest BCUT2D eigenvalue weighted by Gasteiger charge is 2.09. The van der Waals surface area contributed by atoms with Gasteiger partial charge in [0, 0.05) is 24.7 Å². The minimum Gasteiger partial charge on any atom is -0.497 e. The molecule has 0 aliphatic carbocycles. The van der Waals surface area contributed by atoms with E-state index < -0.39 is 0 Å². The van der Waals surface area contributed by atoms with Gasteiger partial charge in [0.25, 0.3) is 0 Å². The lowest BCUT2D eigenvalue weighted by Crippen LogP contribution is -2.21. The molecule has 4 heteroatoms. The fraction of sp³-hybridized carbons (Fsp3) is 0.312. The zero-order chi connectivity index (χ0) is 15.0. The highest BCUT2D eigenvalue weighted by molar-refractivity contribution is 8.02. The fourth-order valence-electron chi connectivity index (χ4n) is 1.76. The number of likely N-dealkylation sites (N-methyl/N-ethyl adjacent to an activating group) is 1. The minimum atomic E-state index is -0.000449. The van der Waals surface area contributed by atoms with Crippen LogP contribution in [-0.4, -0.2) is 37.1 Å². The average molecular weight is 291 g/mol. The van der Waals surface area contributed by atoms with Gasteiger partial charge in [-0.2, -0.15) is 0 Å². The van der Waals surface area contributed by atoms with Crippen LogP contribution in [-0.2, 0) is 0 Å². The second-order valence-corrected chi connectivity index (χ2v) is 4.93. The van der Waals surface area contributed by atoms with E-state index in [0.717, 1.165) is 23.9 Å². The third-order valence-corrected chi connectivity index (χ3v) is 3.68. The average Bonchev–Trinajstić information content (AvgIpc) is 2.50. The van der Waals surface area contributed by atoms with Crippen LogP contribution in [0.1, 0.15) is 17.3 Å². The lowest BCUT2D eigenvalue weighted by atomic mass is 10.1. The van der Waals surface area contributed by atoms with Crippen LogP contribution in [0.4, 0.5) is 0 Å². The highest BCUT2D eigenvalue weighted by atomic mass is 32.2. The van der Waals surface area contributed by atoms with Crippen molar-refractivity contribution < 1.29 is 9.53 Å². The van der Waals surface area contributed by atoms with Gasteiger partial charge in [0.15, 0.2) is 5.78 Å². The number of thioether (sulfide) groups is 1. The van der Waals surface area contributed by atoms with Crippen molar-refractivity contribution in [1.29, 1.82) is 0 Å². The number of carbonyl (C=O) groups is 1. The summed E-state index contributed by atoms with van der Waals surface area (Å²) in [6.45, 7) is 7.38. The summed E-state index contributed by atoms with van der Waals surface area (Å²) < 4.78 is 5.09. The van der Waals surface area contributed by atoms with E-state index >= 15 is 0 Å². The van der Waals surface area contributed by atoms with Gasteiger partial charge in [-0.15, -0.1) is 18.3 Å². The molecule has 0 unspecified atom stereocenters. The summed E-state index contributed by atoms with van der Waals surface area (Å²) in [5.74, 6) is 0.747. The van der Waals surface area contributed by atoms with E-state index in [1.165, 1.54) is 0 Å². The first-order chi connectivity index (χ1) is 9.65. The molecule has 0 fully saturated rings. The molecular weight excluding hydrogens is 270 g/mol. The Morgan fingerprint density at radius 2 is 2.05 bits per heavy atom. The number of hydrogen-bond acceptors (Lipinski definition) is 4. The molecule has 1 rings (SSSR count). The van der Waals surface area contributed by atoms with Gasteiger partial charge < -0.3 is 9.64 Å². The summed E-state index contributed by atoms with van der Waals surface area (Å²) in [6.07, 6.45) is 5.49. The molecule has 0 amide bonds. The Kier molecular flexibility index (Phi) is 6.94. The van der Waals surface area contributed by atoms with E-state index in [9.17, 15) is 4.79 Å². The summed E-state index contributed by atoms with van der Waals surface area (Å²) in [7, 11) is 1.61. The molecule has 1 aromatic carbocycles. The molecule has 0 aliphatic rings. The number of methoxy groups -OCH3 is 1. The number of hydrogen-bond donors (Lipinski definition) is 0. The molecule has 20 heavy (non-hydrogen) atoms. The van der Waals surface area contributed by atoms with Gasteiger partial charge in [-0.3, -0.25) is 4.79 Å². The molecule has 108 valence electrons. The SMILES string of the molecule is C=CCN(CC)/C(=C/C(=O)c1ccc(OC)cc1)SC. The van der Waals surface area contributed by atoms with Crippen LogP contribution < -0.4 is 4.74 Å². The number of ketones is 1. The number of nitrogens with zero attached hydrogens (tertiary/aromatic N) is 1. The maximum Gasteiger partial charge on any atom is 0.188 e. The Balaban J connectivity index is 2.92. The van der Waals surface area contributed by atoms with Crippen molar-refractivity contribution in [3.05, 3.63) is 53.6 Å². The van der Waals surface area contributed by atoms with Gasteiger partial charge in [0.2, 0.25) is 0 Å². The molecule has 1 aromatic rings. The summed E-state index contributed by atoms with van der Waals surface area (Å²) in [4.78, 5) is 14.4. The van der Waals surface area contributed by atoms with E-state index in [1.54, 1.807) is 49.2 Å². The van der Waals surface area contributed by atoms with Crippen LogP contribution in [0, 0.1) is 0 Å². The van der Waals surface area contributed by atoms with Crippen LogP contribution in [0.25, 0.3) is 0 Å². The van der Waals surface area contributed by atoms with Crippen molar-refractivity contribution in [3.8, 4) is 5.75 Å². The molecule has 0 spiro atoms. The highest BCUT2D eigenvalue weighted by Crippen LogP contribution is 2.19. The Bertz CT molecular complexity index is 480. The van der Waals surface area contributed by atoms with Crippen LogP contribution in [0.2, 0.25) is 0 Å². The summed E-state index contributed by atoms with van der Waals surface area (Å²) >= 11 is 1.57. The van der Waals surface area contributed by atoms with E-state index in [1.807, 2.05) is 12.3 Å². The first-order valence-electron chi connectivity index (χ1n) is 6.46. The van der Waals surface area contributed by atoms with E-state index in [2.05, 4.69) is 18.4 Å². The molecule has 0 saturated heterocycles. The minimum absolute atomic E-state index is 0.000449. The third kappa shape index (κ3) is 4.46. The lowest BCUT2D eigenvalue weighted by molar-refractivity contribution is 0.104. The van der Waals surface area contributed by atoms with Crippen LogP contribution in [0.5, 0.6) is 5.75 Å². The molecule has 3 nitrogen and oxygen atoms in total. The molecule has 0 radical (unpaired) electrons. The largest absolute Gasteiger partial charge is 0.497 e. The first kappa shape index (κ1) is 16.4. The zero-order valence-corrected chi connectivity index (χ0v) is 13.1. The predicted molar refractivity (Wildman–Crippen MR) is 86.4 cm³/mol. The maximum absolute atomic E-state index is 12.3. The lowest BCUT2D eigenvalue weighted by Gasteiger charge is -2.22. The summed E-state index contributed by atoms with van der Waals surface area (Å²) in [5.41, 5.74) is 0.659. The van der Waals surface area contributed by atoms with Gasteiger partial charge in [-0.05, 0) is 37.4 Å². The quantitative estimate of drug-likeness (QED) is 0.416. The Hall–Kier alpha value is -1.68. The molecule has 0 atom stereocenters. The normalized spacial score (nSPS) is 11.1. The van der Waals surface area contributed by atoms with E-state index in [-0.39, 0.29) is 5.78 Å². The number of benzene rings is 1. The van der Waals surface area contributed by atoms with Crippen molar-refractivity contribution in [2.24, 2.45) is 0 Å². The van der Waals surface area contributed by atoms with Crippen molar-refractivity contribution in [1.82, 2.24) is 4.90 Å². The van der Waals surface area contributed by atoms with Crippen molar-refractivity contribution in [3.63, 3.8) is 0 Å². The van der Waals surface area contributed by atoms with Crippen molar-refractivity contribution >= 4 is 17.5 Å². The second-order valence-electron chi connectivity index (χ2n) is 4.11. The Morgan fingerprint density at radius 1 is 1.40 bits per heavy atom. The first-order valence-corrected chi connectivity index (χ1v) is 7.68. The maximum atomic E-state index is 12.3. The Labute approximate surface area is 125 Å². The standard InChI is InChI=1S/C16H21NO2S/c1-5-11-17(6-2)16(20-4)12-15(18)13-7-9-14(19-3)10-8-13/h5,7-10,12H,1,6,11H2,2-4H3/b16-12-. The monoisotopic (exact) mass is 291 g/mol. The predicted octanol–water partition coefficient (Wildman–Crippen LogP) is 3.59. The summed E-state index contributed by atoms with van der Waals surface area (Å²) in [6, 6.07) is 7.14. The van der Waals surface area contributed by atoms with Crippen molar-refractivity contribution in [2.45, 2.75) is 6.92 Å². The van der Waals surface area contributed by atoms with Gasteiger partial charge >= 0.3 is 0 Å². The number of allylic oxidation sites excluding steroid dienone is 1. The van der Waals surface area contributed by atoms with Crippen LogP contribution >= 0.6 is 11.8 Å². The smallest absolute Gasteiger partial charge is 0.188 e. The number of carbonyl (C=O) groups excluding carboxylic acids is 1. The molecule has 0 aromatic heterocycles. The Morgan fingerprint density at radius 3 is 2.50 bits per heavy atom. The van der Waals surface area contributed by atoms with Crippen LogP contribution in [0.3, 0.4) is 0 Å². The van der Waals surface area contributed by atoms with Gasteiger partial charge in [0.1, 0.15) is 5.75 Å². The van der Waals surface area contributed by atoms with Gasteiger partial charge in [0.05, 0.1) is 12.1 Å². The molecule has 0 aliphatic heterocycles. The molecule has 0 N–H and O–H groups in total. The van der Waals surface area contributed by atoms with E-state index in [0.29, 0.717) is 5.56 Å². The third-order valence-electron chi connectivity index (χ3n) is 2.88. The summed E-state index contributed by atoms with van der Waals surface area (Å²) in [5, 5.41) is 0.952. The van der Waals surface area contributed by atoms with Crippen molar-refractivity contribution in [2.75, 3.05) is 26.5 Å².